The van der Waals surface area contributed by atoms with Crippen LogP contribution in [0.4, 0.5) is 0 Å². The average Bonchev–Trinajstić information content (AvgIpc) is 2.39. The summed E-state index contributed by atoms with van der Waals surface area (Å²) < 4.78 is 0. The van der Waals surface area contributed by atoms with Crippen LogP contribution in [-0.2, 0) is 0 Å². The predicted molar refractivity (Wildman–Crippen MR) is 70.0 cm³/mol. The minimum absolute atomic E-state index is 0.541. The van der Waals surface area contributed by atoms with E-state index >= 15 is 0 Å². The summed E-state index contributed by atoms with van der Waals surface area (Å²) in [6.07, 6.45) is 5.53. The molecule has 3 atom stereocenters. The first-order chi connectivity index (χ1) is 7.05. The highest BCUT2D eigenvalue weighted by atomic mass is 31.0. The van der Waals surface area contributed by atoms with E-state index in [-0.39, 0.29) is 0 Å². The Morgan fingerprint density at radius 1 is 1.33 bits per heavy atom. The number of likely N-dealkylation sites (tertiary alicyclic amines) is 1. The summed E-state index contributed by atoms with van der Waals surface area (Å²) in [5.74, 6) is 0.806. The summed E-state index contributed by atoms with van der Waals surface area (Å²) in [6, 6.07) is 0. The van der Waals surface area contributed by atoms with E-state index in [1.807, 2.05) is 0 Å². The van der Waals surface area contributed by atoms with Crippen molar-refractivity contribution >= 4 is 9.24 Å². The van der Waals surface area contributed by atoms with Crippen LogP contribution in [0.25, 0.3) is 0 Å². The summed E-state index contributed by atoms with van der Waals surface area (Å²) in [7, 11) is 5.31. The van der Waals surface area contributed by atoms with E-state index in [9.17, 15) is 0 Å². The van der Waals surface area contributed by atoms with Crippen molar-refractivity contribution < 1.29 is 0 Å². The van der Waals surface area contributed by atoms with Gasteiger partial charge in [-0.2, -0.15) is 0 Å². The van der Waals surface area contributed by atoms with Crippen LogP contribution < -0.4 is 0 Å². The second-order valence-corrected chi connectivity index (χ2v) is 6.22. The van der Waals surface area contributed by atoms with Crippen LogP contribution in [0.2, 0.25) is 0 Å². The normalized spacial score (nSPS) is 38.8. The summed E-state index contributed by atoms with van der Waals surface area (Å²) in [6.45, 7) is 7.28. The number of nitrogens with zero attached hydrogens (tertiary/aromatic N) is 1. The molecule has 15 heavy (non-hydrogen) atoms. The van der Waals surface area contributed by atoms with Crippen molar-refractivity contribution in [1.82, 2.24) is 4.90 Å². The number of hydrogen-bond acceptors (Lipinski definition) is 1. The fraction of sp³-hybridized carbons (Fsp3) is 0.846. The van der Waals surface area contributed by atoms with Crippen LogP contribution in [0.15, 0.2) is 10.9 Å². The third kappa shape index (κ3) is 2.01. The summed E-state index contributed by atoms with van der Waals surface area (Å²) in [4.78, 5) is 2.49. The zero-order valence-electron chi connectivity index (χ0n) is 10.3. The molecule has 1 nitrogen and oxygen atoms in total. The van der Waals surface area contributed by atoms with Gasteiger partial charge in [0.05, 0.1) is 0 Å². The highest BCUT2D eigenvalue weighted by molar-refractivity contribution is 7.22. The molecule has 2 rings (SSSR count). The van der Waals surface area contributed by atoms with E-state index in [1.54, 1.807) is 10.9 Å². The Labute approximate surface area is 96.5 Å². The standard InChI is InChI=1S/C13H24NP/c1-10-9-13(12(15)11(10)2)5-4-7-14(3)8-6-13/h10H,4-9,15H2,1-3H3. The third-order valence-electron chi connectivity index (χ3n) is 4.60. The highest BCUT2D eigenvalue weighted by Crippen LogP contribution is 2.54. The molecule has 1 fully saturated rings. The van der Waals surface area contributed by atoms with Gasteiger partial charge in [-0.3, -0.25) is 0 Å². The van der Waals surface area contributed by atoms with Crippen LogP contribution in [0.3, 0.4) is 0 Å². The lowest BCUT2D eigenvalue weighted by molar-refractivity contribution is 0.282. The van der Waals surface area contributed by atoms with Crippen molar-refractivity contribution in [1.29, 1.82) is 0 Å². The molecule has 0 radical (unpaired) electrons. The van der Waals surface area contributed by atoms with Gasteiger partial charge in [-0.1, -0.05) is 12.5 Å². The van der Waals surface area contributed by atoms with Gasteiger partial charge in [-0.15, -0.1) is 9.24 Å². The number of allylic oxidation sites excluding steroid dienone is 2. The number of hydrogen-bond donors (Lipinski definition) is 0. The minimum atomic E-state index is 0.541. The molecular formula is C13H24NP. The lowest BCUT2D eigenvalue weighted by atomic mass is 9.79. The molecule has 0 bridgehead atoms. The fourth-order valence-corrected chi connectivity index (χ4v) is 4.03. The maximum atomic E-state index is 3.05. The molecule has 3 unspecified atom stereocenters. The molecular weight excluding hydrogens is 201 g/mol. The maximum absolute atomic E-state index is 3.05. The highest BCUT2D eigenvalue weighted by Gasteiger charge is 2.41. The molecule has 1 spiro atoms. The smallest absolute Gasteiger partial charge is 0.00133 e. The Bertz CT molecular complexity index is 284. The van der Waals surface area contributed by atoms with Gasteiger partial charge in [0.1, 0.15) is 0 Å². The Hall–Kier alpha value is 0.130. The van der Waals surface area contributed by atoms with E-state index in [1.165, 1.54) is 38.8 Å². The fourth-order valence-electron chi connectivity index (χ4n) is 3.34. The first-order valence-electron chi connectivity index (χ1n) is 6.20. The van der Waals surface area contributed by atoms with Crippen molar-refractivity contribution in [3.63, 3.8) is 0 Å². The van der Waals surface area contributed by atoms with Gasteiger partial charge < -0.3 is 4.90 Å². The van der Waals surface area contributed by atoms with E-state index < -0.39 is 0 Å². The topological polar surface area (TPSA) is 3.24 Å². The SMILES string of the molecule is CC1=C(P)C2(CCCN(C)CC2)CC1C. The lowest BCUT2D eigenvalue weighted by Gasteiger charge is -2.30. The quantitative estimate of drug-likeness (QED) is 0.572. The van der Waals surface area contributed by atoms with E-state index in [4.69, 9.17) is 0 Å². The lowest BCUT2D eigenvalue weighted by Crippen LogP contribution is -2.23. The van der Waals surface area contributed by atoms with E-state index in [2.05, 4.69) is 35.0 Å². The summed E-state index contributed by atoms with van der Waals surface area (Å²) >= 11 is 0. The monoisotopic (exact) mass is 225 g/mol. The van der Waals surface area contributed by atoms with Gasteiger partial charge in [0.2, 0.25) is 0 Å². The van der Waals surface area contributed by atoms with Gasteiger partial charge in [-0.25, -0.2) is 0 Å². The van der Waals surface area contributed by atoms with Crippen molar-refractivity contribution in [3.8, 4) is 0 Å². The second-order valence-electron chi connectivity index (χ2n) is 5.64. The van der Waals surface area contributed by atoms with Crippen LogP contribution in [0, 0.1) is 11.3 Å². The molecule has 1 aliphatic carbocycles. The molecule has 2 aliphatic rings. The molecule has 0 amide bonds. The minimum Gasteiger partial charge on any atom is -0.306 e. The van der Waals surface area contributed by atoms with Gasteiger partial charge >= 0.3 is 0 Å². The van der Waals surface area contributed by atoms with Gasteiger partial charge in [0, 0.05) is 0 Å². The summed E-state index contributed by atoms with van der Waals surface area (Å²) in [5.41, 5.74) is 2.18. The van der Waals surface area contributed by atoms with Gasteiger partial charge in [-0.05, 0) is 69.4 Å². The Kier molecular flexibility index (Phi) is 3.24. The Morgan fingerprint density at radius 3 is 2.67 bits per heavy atom. The predicted octanol–water partition coefficient (Wildman–Crippen LogP) is 3.28. The zero-order chi connectivity index (χ0) is 11.1. The van der Waals surface area contributed by atoms with Crippen molar-refractivity contribution in [2.75, 3.05) is 20.1 Å². The third-order valence-corrected chi connectivity index (χ3v) is 5.67. The molecule has 1 heterocycles. The van der Waals surface area contributed by atoms with E-state index in [0.717, 1.165) is 5.92 Å². The molecule has 0 saturated carbocycles. The molecule has 1 saturated heterocycles. The van der Waals surface area contributed by atoms with Crippen LogP contribution in [0.1, 0.15) is 39.5 Å². The van der Waals surface area contributed by atoms with Gasteiger partial charge in [0.25, 0.3) is 0 Å². The molecule has 0 N–H and O–H groups in total. The average molecular weight is 225 g/mol. The van der Waals surface area contributed by atoms with Crippen LogP contribution in [0.5, 0.6) is 0 Å². The van der Waals surface area contributed by atoms with Crippen molar-refractivity contribution in [2.45, 2.75) is 39.5 Å². The van der Waals surface area contributed by atoms with Crippen molar-refractivity contribution in [3.05, 3.63) is 10.9 Å². The van der Waals surface area contributed by atoms with Crippen molar-refractivity contribution in [2.24, 2.45) is 11.3 Å². The van der Waals surface area contributed by atoms with E-state index in [0.29, 0.717) is 5.41 Å². The second kappa shape index (κ2) is 4.18. The van der Waals surface area contributed by atoms with Gasteiger partial charge in [0.15, 0.2) is 0 Å². The molecule has 2 heteroatoms. The summed E-state index contributed by atoms with van der Waals surface area (Å²) in [5, 5.41) is 1.64. The largest absolute Gasteiger partial charge is 0.306 e. The van der Waals surface area contributed by atoms with Crippen LogP contribution >= 0.6 is 9.24 Å². The molecule has 0 aromatic carbocycles. The molecule has 1 aliphatic heterocycles. The molecule has 0 aromatic rings. The zero-order valence-corrected chi connectivity index (χ0v) is 11.5. The number of rotatable bonds is 0. The Morgan fingerprint density at radius 2 is 2.07 bits per heavy atom. The Balaban J connectivity index is 2.21. The first-order valence-corrected chi connectivity index (χ1v) is 6.78. The van der Waals surface area contributed by atoms with Crippen LogP contribution in [-0.4, -0.2) is 25.0 Å². The first kappa shape index (κ1) is 11.6. The molecule has 86 valence electrons. The molecule has 0 aromatic heterocycles. The maximum Gasteiger partial charge on any atom is -0.00133 e.